The van der Waals surface area contributed by atoms with E-state index in [9.17, 15) is 4.39 Å². The molecule has 2 fully saturated rings. The molecular formula is C14H18BFO3. The Labute approximate surface area is 113 Å². The van der Waals surface area contributed by atoms with Gasteiger partial charge in [-0.25, -0.2) is 4.39 Å². The molecule has 1 aromatic rings. The molecule has 0 aliphatic carbocycles. The number of fused-ring (bicyclic) bond motifs is 1. The van der Waals surface area contributed by atoms with Crippen LogP contribution in [0.25, 0.3) is 0 Å². The van der Waals surface area contributed by atoms with E-state index in [-0.39, 0.29) is 18.0 Å². The van der Waals surface area contributed by atoms with Crippen LogP contribution in [-0.2, 0) is 14.2 Å². The van der Waals surface area contributed by atoms with Crippen molar-refractivity contribution in [3.8, 4) is 0 Å². The molecule has 0 amide bonds. The van der Waals surface area contributed by atoms with Crippen LogP contribution in [0.15, 0.2) is 30.3 Å². The third kappa shape index (κ3) is 2.42. The van der Waals surface area contributed by atoms with Crippen LogP contribution in [-0.4, -0.2) is 38.9 Å². The zero-order chi connectivity index (χ0) is 13.4. The lowest BCUT2D eigenvalue weighted by atomic mass is 9.74. The van der Waals surface area contributed by atoms with Gasteiger partial charge >= 0.3 is 0 Å². The first kappa shape index (κ1) is 13.1. The molecule has 0 bridgehead atoms. The number of ether oxygens (including phenoxy) is 3. The summed E-state index contributed by atoms with van der Waals surface area (Å²) in [6, 6.07) is 9.62. The fourth-order valence-electron chi connectivity index (χ4n) is 2.69. The van der Waals surface area contributed by atoms with E-state index in [1.54, 1.807) is 0 Å². The summed E-state index contributed by atoms with van der Waals surface area (Å²) in [6.07, 6.45) is -2.45. The minimum absolute atomic E-state index is 0.100. The number of benzene rings is 1. The van der Waals surface area contributed by atoms with E-state index >= 15 is 0 Å². The lowest BCUT2D eigenvalue weighted by Gasteiger charge is -2.45. The summed E-state index contributed by atoms with van der Waals surface area (Å²) in [6.45, 7) is 2.28. The van der Waals surface area contributed by atoms with Gasteiger partial charge in [-0.15, -0.1) is 0 Å². The maximum atomic E-state index is 14.4. The minimum atomic E-state index is -1.01. The van der Waals surface area contributed by atoms with Gasteiger partial charge in [-0.05, 0) is 12.7 Å². The molecule has 2 aliphatic rings. The van der Waals surface area contributed by atoms with Crippen LogP contribution in [0.5, 0.6) is 0 Å². The second-order valence-electron chi connectivity index (χ2n) is 5.36. The van der Waals surface area contributed by atoms with Crippen LogP contribution in [0.3, 0.4) is 0 Å². The van der Waals surface area contributed by atoms with Crippen LogP contribution >= 0.6 is 0 Å². The Balaban J connectivity index is 1.75. The molecule has 0 radical (unpaired) electrons. The highest BCUT2D eigenvalue weighted by atomic mass is 19.1. The van der Waals surface area contributed by atoms with E-state index in [1.165, 1.54) is 0 Å². The van der Waals surface area contributed by atoms with Crippen molar-refractivity contribution in [2.45, 2.75) is 43.5 Å². The SMILES string of the molecule is B[C@@H]1C(C)O[C@@H]2CO[C@@H](c3ccccc3)O[C@H]2[C@H]1F. The molecule has 3 nitrogen and oxygen atoms in total. The molecule has 0 spiro atoms. The molecule has 3 rings (SSSR count). The Morgan fingerprint density at radius 1 is 1.21 bits per heavy atom. The van der Waals surface area contributed by atoms with Gasteiger partial charge in [-0.3, -0.25) is 0 Å². The Kier molecular flexibility index (Phi) is 3.61. The van der Waals surface area contributed by atoms with E-state index in [4.69, 9.17) is 14.2 Å². The summed E-state index contributed by atoms with van der Waals surface area (Å²) in [5.74, 6) is -0.157. The molecule has 2 aliphatic heterocycles. The fourth-order valence-corrected chi connectivity index (χ4v) is 2.69. The van der Waals surface area contributed by atoms with Crippen molar-refractivity contribution in [2.75, 3.05) is 6.61 Å². The molecule has 2 heterocycles. The number of hydrogen-bond donors (Lipinski definition) is 0. The van der Waals surface area contributed by atoms with Gasteiger partial charge < -0.3 is 14.2 Å². The highest BCUT2D eigenvalue weighted by Gasteiger charge is 2.47. The van der Waals surface area contributed by atoms with Crippen LogP contribution in [0.4, 0.5) is 4.39 Å². The highest BCUT2D eigenvalue weighted by molar-refractivity contribution is 6.12. The minimum Gasteiger partial charge on any atom is -0.370 e. The smallest absolute Gasteiger partial charge is 0.184 e. The van der Waals surface area contributed by atoms with Gasteiger partial charge in [-0.1, -0.05) is 30.3 Å². The van der Waals surface area contributed by atoms with Gasteiger partial charge in [0.2, 0.25) is 0 Å². The number of halogens is 1. The van der Waals surface area contributed by atoms with Gasteiger partial charge in [-0.2, -0.15) is 0 Å². The first-order valence-corrected chi connectivity index (χ1v) is 6.78. The fraction of sp³-hybridized carbons (Fsp3) is 0.571. The Morgan fingerprint density at radius 3 is 2.68 bits per heavy atom. The van der Waals surface area contributed by atoms with Gasteiger partial charge in [0.25, 0.3) is 0 Å². The second-order valence-corrected chi connectivity index (χ2v) is 5.36. The third-order valence-corrected chi connectivity index (χ3v) is 4.08. The quantitative estimate of drug-likeness (QED) is 0.722. The standard InChI is InChI=1S/C14H18BFO3/c1-8-11(15)12(16)13-10(18-8)7-17-14(19-13)9-5-3-2-4-6-9/h2-6,8,10-14H,7,15H2,1H3/t8?,10-,11-,12+,13-,14-/m1/s1. The number of hydrogen-bond acceptors (Lipinski definition) is 3. The Morgan fingerprint density at radius 2 is 1.95 bits per heavy atom. The summed E-state index contributed by atoms with van der Waals surface area (Å²) in [4.78, 5) is 0. The summed E-state index contributed by atoms with van der Waals surface area (Å²) in [5, 5.41) is 0. The third-order valence-electron chi connectivity index (χ3n) is 4.08. The molecule has 102 valence electrons. The average molecular weight is 264 g/mol. The Hall–Kier alpha value is -0.905. The van der Waals surface area contributed by atoms with Gasteiger partial charge in [0, 0.05) is 5.56 Å². The highest BCUT2D eigenvalue weighted by Crippen LogP contribution is 2.38. The maximum Gasteiger partial charge on any atom is 0.184 e. The first-order valence-electron chi connectivity index (χ1n) is 6.78. The maximum absolute atomic E-state index is 14.4. The topological polar surface area (TPSA) is 27.7 Å². The summed E-state index contributed by atoms with van der Waals surface area (Å²) in [7, 11) is 1.86. The van der Waals surface area contributed by atoms with Crippen LogP contribution in [0.1, 0.15) is 18.8 Å². The van der Waals surface area contributed by atoms with Gasteiger partial charge in [0.15, 0.2) is 6.29 Å². The number of rotatable bonds is 1. The Bertz CT molecular complexity index is 428. The average Bonchev–Trinajstić information content (AvgIpc) is 2.46. The molecular weight excluding hydrogens is 246 g/mol. The van der Waals surface area contributed by atoms with Crippen LogP contribution < -0.4 is 0 Å². The first-order chi connectivity index (χ1) is 9.16. The zero-order valence-corrected chi connectivity index (χ0v) is 11.2. The van der Waals surface area contributed by atoms with Crippen molar-refractivity contribution >= 4 is 7.85 Å². The summed E-state index contributed by atoms with van der Waals surface area (Å²) >= 11 is 0. The lowest BCUT2D eigenvalue weighted by molar-refractivity contribution is -0.300. The molecule has 0 N–H and O–H groups in total. The predicted octanol–water partition coefficient (Wildman–Crippen LogP) is 1.65. The van der Waals surface area contributed by atoms with E-state index in [2.05, 4.69) is 0 Å². The van der Waals surface area contributed by atoms with E-state index in [0.717, 1.165) is 5.56 Å². The number of alkyl halides is 1. The predicted molar refractivity (Wildman–Crippen MR) is 71.5 cm³/mol. The molecule has 1 unspecified atom stereocenters. The van der Waals surface area contributed by atoms with Crippen molar-refractivity contribution in [2.24, 2.45) is 0 Å². The molecule has 2 saturated heterocycles. The van der Waals surface area contributed by atoms with Crippen LogP contribution in [0, 0.1) is 0 Å². The van der Waals surface area contributed by atoms with Crippen molar-refractivity contribution in [1.29, 1.82) is 0 Å². The van der Waals surface area contributed by atoms with Crippen molar-refractivity contribution < 1.29 is 18.6 Å². The molecule has 1 aromatic carbocycles. The summed E-state index contributed by atoms with van der Waals surface area (Å²) in [5.41, 5.74) is 0.916. The molecule has 5 heteroatoms. The second kappa shape index (κ2) is 5.23. The molecule has 19 heavy (non-hydrogen) atoms. The van der Waals surface area contributed by atoms with Crippen molar-refractivity contribution in [1.82, 2.24) is 0 Å². The molecule has 6 atom stereocenters. The van der Waals surface area contributed by atoms with E-state index < -0.39 is 18.6 Å². The monoisotopic (exact) mass is 264 g/mol. The summed E-state index contributed by atoms with van der Waals surface area (Å²) < 4.78 is 31.6. The lowest BCUT2D eigenvalue weighted by Crippen LogP contribution is -2.55. The molecule has 0 aromatic heterocycles. The van der Waals surface area contributed by atoms with Crippen LogP contribution in [0.2, 0.25) is 5.82 Å². The van der Waals surface area contributed by atoms with Gasteiger partial charge in [0.05, 0.1) is 12.7 Å². The van der Waals surface area contributed by atoms with E-state index in [1.807, 2.05) is 45.1 Å². The van der Waals surface area contributed by atoms with E-state index in [0.29, 0.717) is 6.61 Å². The van der Waals surface area contributed by atoms with Gasteiger partial charge in [0.1, 0.15) is 26.2 Å². The van der Waals surface area contributed by atoms with Crippen molar-refractivity contribution in [3.63, 3.8) is 0 Å². The normalized spacial score (nSPS) is 42.6. The largest absolute Gasteiger partial charge is 0.370 e. The zero-order valence-electron chi connectivity index (χ0n) is 11.2. The van der Waals surface area contributed by atoms with Crippen molar-refractivity contribution in [3.05, 3.63) is 35.9 Å². The molecule has 0 saturated carbocycles.